The smallest absolute Gasteiger partial charge is 0.338 e. The maximum absolute atomic E-state index is 12.5. The number of methoxy groups -OCH3 is 1. The Kier molecular flexibility index (Phi) is 5.21. The van der Waals surface area contributed by atoms with Crippen LogP contribution in [0.1, 0.15) is 23.7 Å². The van der Waals surface area contributed by atoms with E-state index in [-0.39, 0.29) is 0 Å². The van der Waals surface area contributed by atoms with Crippen LogP contribution in [-0.4, -0.2) is 23.2 Å². The number of carbonyl (C=O) groups is 1. The minimum atomic E-state index is -0.423. The predicted molar refractivity (Wildman–Crippen MR) is 107 cm³/mol. The zero-order valence-electron chi connectivity index (χ0n) is 13.9. The van der Waals surface area contributed by atoms with E-state index in [4.69, 9.17) is 17.0 Å². The Morgan fingerprint density at radius 1 is 1.44 bits per heavy atom. The molecule has 130 valence electrons. The van der Waals surface area contributed by atoms with Crippen LogP contribution in [0.4, 0.5) is 5.69 Å². The van der Waals surface area contributed by atoms with E-state index in [1.807, 2.05) is 48.4 Å². The number of esters is 1. The van der Waals surface area contributed by atoms with Gasteiger partial charge in [0.1, 0.15) is 6.04 Å². The zero-order valence-corrected chi connectivity index (χ0v) is 17.1. The van der Waals surface area contributed by atoms with Crippen molar-refractivity contribution in [3.63, 3.8) is 0 Å². The summed E-state index contributed by atoms with van der Waals surface area (Å²) in [5.41, 5.74) is 2.85. The molecule has 1 atom stereocenters. The fourth-order valence-electron chi connectivity index (χ4n) is 2.78. The summed E-state index contributed by atoms with van der Waals surface area (Å²) in [5.74, 6) is -0.400. The third kappa shape index (κ3) is 3.47. The number of anilines is 1. The van der Waals surface area contributed by atoms with Crippen molar-refractivity contribution < 1.29 is 9.53 Å². The number of rotatable bonds is 3. The van der Waals surface area contributed by atoms with Gasteiger partial charge in [-0.25, -0.2) is 9.78 Å². The van der Waals surface area contributed by atoms with E-state index < -0.39 is 12.0 Å². The molecule has 8 heteroatoms. The molecule has 3 rings (SSSR count). The summed E-state index contributed by atoms with van der Waals surface area (Å²) < 4.78 is 5.95. The molecule has 1 aliphatic heterocycles. The number of nitrogens with zero attached hydrogens (tertiary/aromatic N) is 2. The normalized spacial score (nSPS) is 17.5. The van der Waals surface area contributed by atoms with Gasteiger partial charge in [0.05, 0.1) is 23.4 Å². The summed E-state index contributed by atoms with van der Waals surface area (Å²) in [6.45, 7) is 3.80. The number of hydrogen-bond donors (Lipinski definition) is 1. The van der Waals surface area contributed by atoms with Crippen molar-refractivity contribution in [2.45, 2.75) is 19.9 Å². The van der Waals surface area contributed by atoms with Gasteiger partial charge in [-0.05, 0) is 44.3 Å². The summed E-state index contributed by atoms with van der Waals surface area (Å²) in [7, 11) is 1.38. The van der Waals surface area contributed by atoms with Gasteiger partial charge in [-0.2, -0.15) is 0 Å². The maximum atomic E-state index is 12.5. The lowest BCUT2D eigenvalue weighted by atomic mass is 9.99. The highest BCUT2D eigenvalue weighted by atomic mass is 79.9. The lowest BCUT2D eigenvalue weighted by molar-refractivity contribution is -0.136. The quantitative estimate of drug-likeness (QED) is 0.576. The van der Waals surface area contributed by atoms with E-state index >= 15 is 0 Å². The van der Waals surface area contributed by atoms with Gasteiger partial charge in [0.15, 0.2) is 5.11 Å². The van der Waals surface area contributed by atoms with Gasteiger partial charge in [0.2, 0.25) is 0 Å². The number of thiazole rings is 1. The average molecular weight is 438 g/mol. The first-order valence-electron chi connectivity index (χ1n) is 7.49. The fraction of sp³-hybridized carbons (Fsp3) is 0.235. The lowest BCUT2D eigenvalue weighted by Crippen LogP contribution is -2.48. The summed E-state index contributed by atoms with van der Waals surface area (Å²) in [5, 5.41) is 6.61. The molecule has 1 N–H and O–H groups in total. The number of nitrogens with one attached hydrogen (secondary N) is 1. The van der Waals surface area contributed by atoms with Crippen LogP contribution in [0.25, 0.3) is 0 Å². The number of thiocarbonyl (C=S) groups is 1. The van der Waals surface area contributed by atoms with Crippen molar-refractivity contribution in [1.82, 2.24) is 10.3 Å². The summed E-state index contributed by atoms with van der Waals surface area (Å²) >= 11 is 10.6. The monoisotopic (exact) mass is 437 g/mol. The highest BCUT2D eigenvalue weighted by Crippen LogP contribution is 2.35. The minimum Gasteiger partial charge on any atom is -0.466 e. The first-order valence-corrected chi connectivity index (χ1v) is 9.57. The number of ether oxygens (including phenoxy) is 1. The second-order valence-corrected chi connectivity index (χ2v) is 7.84. The number of halogens is 1. The highest BCUT2D eigenvalue weighted by molar-refractivity contribution is 9.10. The Balaban J connectivity index is 2.14. The first-order chi connectivity index (χ1) is 11.9. The number of aryl methyl sites for hydroxylation is 1. The molecular weight excluding hydrogens is 422 g/mol. The average Bonchev–Trinajstić information content (AvgIpc) is 3.00. The molecule has 2 aromatic rings. The third-order valence-electron chi connectivity index (χ3n) is 3.89. The topological polar surface area (TPSA) is 54.5 Å². The van der Waals surface area contributed by atoms with Crippen molar-refractivity contribution in [2.24, 2.45) is 0 Å². The Bertz CT molecular complexity index is 878. The molecule has 25 heavy (non-hydrogen) atoms. The van der Waals surface area contributed by atoms with Gasteiger partial charge in [0, 0.05) is 21.2 Å². The van der Waals surface area contributed by atoms with Crippen molar-refractivity contribution >= 4 is 56.3 Å². The fourth-order valence-corrected chi connectivity index (χ4v) is 4.16. The van der Waals surface area contributed by atoms with E-state index in [0.29, 0.717) is 10.7 Å². The van der Waals surface area contributed by atoms with Crippen LogP contribution >= 0.6 is 39.5 Å². The van der Waals surface area contributed by atoms with Gasteiger partial charge >= 0.3 is 5.97 Å². The predicted octanol–water partition coefficient (Wildman–Crippen LogP) is 4.10. The number of hydrogen-bond acceptors (Lipinski definition) is 5. The van der Waals surface area contributed by atoms with E-state index in [1.165, 1.54) is 18.4 Å². The van der Waals surface area contributed by atoms with Gasteiger partial charge in [0.25, 0.3) is 0 Å². The van der Waals surface area contributed by atoms with Crippen LogP contribution in [0, 0.1) is 6.92 Å². The Morgan fingerprint density at radius 3 is 2.80 bits per heavy atom. The van der Waals surface area contributed by atoms with Crippen molar-refractivity contribution in [1.29, 1.82) is 0 Å². The second kappa shape index (κ2) is 7.23. The standard InChI is InChI=1S/C17H16BrN3O2S2/c1-9-14(16(22)23-3)15(13-8-25-10(2)19-13)20-17(24)21(9)12-6-4-5-11(18)7-12/h4-8,15H,1-3H3,(H,20,24)/t15-/m0/s1. The Hall–Kier alpha value is -1.77. The second-order valence-electron chi connectivity index (χ2n) is 5.48. The molecule has 5 nitrogen and oxygen atoms in total. The molecule has 0 saturated heterocycles. The molecule has 1 aromatic carbocycles. The van der Waals surface area contributed by atoms with Crippen LogP contribution in [0.5, 0.6) is 0 Å². The molecule has 1 aromatic heterocycles. The van der Waals surface area contributed by atoms with Crippen LogP contribution in [-0.2, 0) is 9.53 Å². The SMILES string of the molecule is COC(=O)C1=C(C)N(c2cccc(Br)c2)C(=S)N[C@H]1c1csc(C)n1. The number of aromatic nitrogens is 1. The molecule has 1 aliphatic rings. The van der Waals surface area contributed by atoms with Crippen LogP contribution in [0.2, 0.25) is 0 Å². The first kappa shape index (κ1) is 18.0. The van der Waals surface area contributed by atoms with Crippen molar-refractivity contribution in [2.75, 3.05) is 12.0 Å². The molecular formula is C17H16BrN3O2S2. The Morgan fingerprint density at radius 2 is 2.20 bits per heavy atom. The number of carbonyl (C=O) groups excluding carboxylic acids is 1. The van der Waals surface area contributed by atoms with Crippen molar-refractivity contribution in [3.05, 3.63) is 56.1 Å². The van der Waals surface area contributed by atoms with Gasteiger partial charge in [-0.1, -0.05) is 22.0 Å². The molecule has 0 amide bonds. The maximum Gasteiger partial charge on any atom is 0.338 e. The largest absolute Gasteiger partial charge is 0.466 e. The number of benzene rings is 1. The third-order valence-corrected chi connectivity index (χ3v) is 5.47. The van der Waals surface area contributed by atoms with Gasteiger partial charge in [-0.3, -0.25) is 4.90 Å². The lowest BCUT2D eigenvalue weighted by Gasteiger charge is -2.36. The minimum absolute atomic E-state index is 0.400. The molecule has 0 aliphatic carbocycles. The van der Waals surface area contributed by atoms with Gasteiger partial charge < -0.3 is 10.1 Å². The molecule has 2 heterocycles. The molecule has 0 fully saturated rings. The summed E-state index contributed by atoms with van der Waals surface area (Å²) in [4.78, 5) is 18.8. The molecule has 0 unspecified atom stereocenters. The summed E-state index contributed by atoms with van der Waals surface area (Å²) in [6.07, 6.45) is 0. The van der Waals surface area contributed by atoms with E-state index in [2.05, 4.69) is 26.2 Å². The van der Waals surface area contributed by atoms with Crippen molar-refractivity contribution in [3.8, 4) is 0 Å². The molecule has 0 saturated carbocycles. The number of allylic oxidation sites excluding steroid dienone is 1. The molecule has 0 radical (unpaired) electrons. The van der Waals surface area contributed by atoms with E-state index in [1.54, 1.807) is 0 Å². The van der Waals surface area contributed by atoms with E-state index in [0.717, 1.165) is 26.6 Å². The van der Waals surface area contributed by atoms with Crippen LogP contribution in [0.3, 0.4) is 0 Å². The Labute approximate surface area is 163 Å². The molecule has 0 spiro atoms. The van der Waals surface area contributed by atoms with E-state index in [9.17, 15) is 4.79 Å². The zero-order chi connectivity index (χ0) is 18.1. The van der Waals surface area contributed by atoms with Gasteiger partial charge in [-0.15, -0.1) is 11.3 Å². The van der Waals surface area contributed by atoms with Crippen LogP contribution in [0.15, 0.2) is 45.4 Å². The van der Waals surface area contributed by atoms with Crippen LogP contribution < -0.4 is 10.2 Å². The highest BCUT2D eigenvalue weighted by Gasteiger charge is 2.36. The molecule has 0 bridgehead atoms. The summed E-state index contributed by atoms with van der Waals surface area (Å²) in [6, 6.07) is 7.31.